The maximum absolute atomic E-state index is 14.8. The van der Waals surface area contributed by atoms with Gasteiger partial charge in [-0.05, 0) is 49.6 Å². The Bertz CT molecular complexity index is 1440. The van der Waals surface area contributed by atoms with Gasteiger partial charge in [0.25, 0.3) is 5.89 Å². The Morgan fingerprint density at radius 1 is 1.00 bits per heavy atom. The predicted octanol–water partition coefficient (Wildman–Crippen LogP) is 4.57. The molecule has 38 heavy (non-hydrogen) atoms. The highest BCUT2D eigenvalue weighted by Gasteiger charge is 2.34. The van der Waals surface area contributed by atoms with Crippen LogP contribution in [-0.2, 0) is 19.5 Å². The minimum Gasteiger partial charge on any atom is -0.415 e. The molecule has 0 bridgehead atoms. The van der Waals surface area contributed by atoms with Gasteiger partial charge < -0.3 is 4.42 Å². The number of benzene rings is 2. The summed E-state index contributed by atoms with van der Waals surface area (Å²) in [7, 11) is 0. The molecule has 2 aromatic heterocycles. The highest BCUT2D eigenvalue weighted by Crippen LogP contribution is 2.29. The Hall–Kier alpha value is -3.57. The van der Waals surface area contributed by atoms with Gasteiger partial charge in [-0.25, -0.2) is 9.07 Å². The number of aromatic nitrogens is 5. The standard InChI is InChI=1S/C27H28F3N7O/c1-16(2)36-13-22(14-36)35-8-7-17-9-18(3-5-20(17)11-35)24-15-37(34-31-24)12-21-6-4-19(10-23(21)28)26-32-33-27(38-26)25(29)30/h3-6,9-10,15-16,22,25H,7-8,11-14H2,1-2H3. The van der Waals surface area contributed by atoms with Crippen LogP contribution in [0.25, 0.3) is 22.7 Å². The van der Waals surface area contributed by atoms with E-state index < -0.39 is 18.1 Å². The maximum Gasteiger partial charge on any atom is 0.314 e. The molecule has 6 rings (SSSR count). The number of rotatable bonds is 7. The smallest absolute Gasteiger partial charge is 0.314 e. The number of hydrogen-bond acceptors (Lipinski definition) is 7. The SMILES string of the molecule is CC(C)N1CC(N2CCc3cc(-c4cn(Cc5ccc(-c6nnc(C(F)F)o6)cc5F)nn4)ccc3C2)C1. The van der Waals surface area contributed by atoms with Crippen LogP contribution in [0.1, 0.15) is 42.9 Å². The van der Waals surface area contributed by atoms with Crippen LogP contribution in [0.4, 0.5) is 13.2 Å². The zero-order valence-corrected chi connectivity index (χ0v) is 21.2. The van der Waals surface area contributed by atoms with Crippen LogP contribution in [0.2, 0.25) is 0 Å². The van der Waals surface area contributed by atoms with Crippen LogP contribution in [0, 0.1) is 5.82 Å². The van der Waals surface area contributed by atoms with Gasteiger partial charge in [-0.15, -0.1) is 15.3 Å². The van der Waals surface area contributed by atoms with E-state index >= 15 is 0 Å². The van der Waals surface area contributed by atoms with E-state index in [2.05, 4.69) is 62.4 Å². The Labute approximate surface area is 218 Å². The minimum atomic E-state index is -2.88. The van der Waals surface area contributed by atoms with Gasteiger partial charge >= 0.3 is 6.43 Å². The van der Waals surface area contributed by atoms with Gasteiger partial charge in [-0.1, -0.05) is 23.4 Å². The van der Waals surface area contributed by atoms with Crippen molar-refractivity contribution in [2.45, 2.75) is 51.9 Å². The molecule has 1 saturated heterocycles. The molecular weight excluding hydrogens is 495 g/mol. The van der Waals surface area contributed by atoms with Crippen LogP contribution in [0.3, 0.4) is 0 Å². The topological polar surface area (TPSA) is 76.1 Å². The van der Waals surface area contributed by atoms with Crippen LogP contribution in [-0.4, -0.2) is 66.7 Å². The molecule has 0 unspecified atom stereocenters. The molecule has 198 valence electrons. The quantitative estimate of drug-likeness (QED) is 0.351. The average molecular weight is 524 g/mol. The van der Waals surface area contributed by atoms with Crippen molar-refractivity contribution in [1.29, 1.82) is 0 Å². The molecule has 0 N–H and O–H groups in total. The van der Waals surface area contributed by atoms with Gasteiger partial charge in [0, 0.05) is 55.0 Å². The molecule has 0 amide bonds. The summed E-state index contributed by atoms with van der Waals surface area (Å²) < 4.78 is 46.6. The lowest BCUT2D eigenvalue weighted by atomic mass is 9.94. The summed E-state index contributed by atoms with van der Waals surface area (Å²) in [4.78, 5) is 5.10. The van der Waals surface area contributed by atoms with Gasteiger partial charge in [0.1, 0.15) is 11.5 Å². The van der Waals surface area contributed by atoms with Crippen LogP contribution < -0.4 is 0 Å². The third-order valence-corrected chi connectivity index (χ3v) is 7.48. The number of alkyl halides is 2. The number of fused-ring (bicyclic) bond motifs is 1. The van der Waals surface area contributed by atoms with E-state index in [1.165, 1.54) is 17.2 Å². The molecule has 2 aliphatic heterocycles. The summed E-state index contributed by atoms with van der Waals surface area (Å²) in [5, 5.41) is 15.3. The Balaban J connectivity index is 1.12. The monoisotopic (exact) mass is 523 g/mol. The van der Waals surface area contributed by atoms with Crippen molar-refractivity contribution in [3.63, 3.8) is 0 Å². The molecule has 2 aliphatic rings. The number of nitrogens with zero attached hydrogens (tertiary/aromatic N) is 7. The Morgan fingerprint density at radius 3 is 2.55 bits per heavy atom. The van der Waals surface area contributed by atoms with E-state index in [0.29, 0.717) is 17.6 Å². The Morgan fingerprint density at radius 2 is 1.82 bits per heavy atom. The third-order valence-electron chi connectivity index (χ3n) is 7.48. The minimum absolute atomic E-state index is 0.158. The normalized spacial score (nSPS) is 16.8. The summed E-state index contributed by atoms with van der Waals surface area (Å²) in [6.45, 7) is 8.99. The molecule has 4 heterocycles. The van der Waals surface area contributed by atoms with Crippen molar-refractivity contribution in [2.75, 3.05) is 19.6 Å². The first kappa shape index (κ1) is 24.7. The first-order valence-electron chi connectivity index (χ1n) is 12.7. The van der Waals surface area contributed by atoms with E-state index in [4.69, 9.17) is 4.42 Å². The lowest BCUT2D eigenvalue weighted by Gasteiger charge is -2.48. The largest absolute Gasteiger partial charge is 0.415 e. The lowest BCUT2D eigenvalue weighted by molar-refractivity contribution is 0.00716. The summed E-state index contributed by atoms with van der Waals surface area (Å²) in [5.41, 5.74) is 5.01. The summed E-state index contributed by atoms with van der Waals surface area (Å²) in [6.07, 6.45) is -0.0761. The number of likely N-dealkylation sites (tertiary alicyclic amines) is 1. The predicted molar refractivity (Wildman–Crippen MR) is 134 cm³/mol. The highest BCUT2D eigenvalue weighted by molar-refractivity contribution is 5.60. The number of hydrogen-bond donors (Lipinski definition) is 0. The fraction of sp³-hybridized carbons (Fsp3) is 0.407. The van der Waals surface area contributed by atoms with Gasteiger partial charge in [0.05, 0.1) is 12.7 Å². The number of halogens is 3. The molecule has 8 nitrogen and oxygen atoms in total. The van der Waals surface area contributed by atoms with Gasteiger partial charge in [0.15, 0.2) is 0 Å². The first-order chi connectivity index (χ1) is 18.3. The van der Waals surface area contributed by atoms with Gasteiger partial charge in [0.2, 0.25) is 5.89 Å². The zero-order chi connectivity index (χ0) is 26.4. The summed E-state index contributed by atoms with van der Waals surface area (Å²) in [6, 6.07) is 12.0. The fourth-order valence-electron chi connectivity index (χ4n) is 5.12. The van der Waals surface area contributed by atoms with Gasteiger partial charge in [-0.2, -0.15) is 8.78 Å². The molecule has 0 radical (unpaired) electrons. The van der Waals surface area contributed by atoms with Crippen molar-refractivity contribution in [3.8, 4) is 22.7 Å². The van der Waals surface area contributed by atoms with E-state index in [-0.39, 0.29) is 18.0 Å². The summed E-state index contributed by atoms with van der Waals surface area (Å²) in [5.74, 6) is -1.48. The molecule has 0 saturated carbocycles. The fourth-order valence-corrected chi connectivity index (χ4v) is 5.12. The van der Waals surface area contributed by atoms with Crippen LogP contribution >= 0.6 is 0 Å². The van der Waals surface area contributed by atoms with Crippen molar-refractivity contribution < 1.29 is 17.6 Å². The van der Waals surface area contributed by atoms with E-state index in [1.807, 2.05) is 0 Å². The molecule has 4 aromatic rings. The van der Waals surface area contributed by atoms with E-state index in [0.717, 1.165) is 43.9 Å². The van der Waals surface area contributed by atoms with E-state index in [1.54, 1.807) is 23.0 Å². The van der Waals surface area contributed by atoms with Crippen molar-refractivity contribution >= 4 is 0 Å². The second kappa shape index (κ2) is 9.95. The lowest BCUT2D eigenvalue weighted by Crippen LogP contribution is -2.61. The van der Waals surface area contributed by atoms with Gasteiger partial charge in [-0.3, -0.25) is 9.80 Å². The molecule has 2 aromatic carbocycles. The maximum atomic E-state index is 14.8. The third kappa shape index (κ3) is 4.83. The first-order valence-corrected chi connectivity index (χ1v) is 12.7. The second-order valence-electron chi connectivity index (χ2n) is 10.3. The van der Waals surface area contributed by atoms with Crippen LogP contribution in [0.5, 0.6) is 0 Å². The van der Waals surface area contributed by atoms with Crippen molar-refractivity contribution in [1.82, 2.24) is 35.0 Å². The molecule has 0 spiro atoms. The average Bonchev–Trinajstić information content (AvgIpc) is 3.54. The molecule has 0 atom stereocenters. The van der Waals surface area contributed by atoms with Crippen molar-refractivity contribution in [2.24, 2.45) is 0 Å². The highest BCUT2D eigenvalue weighted by atomic mass is 19.3. The molecule has 0 aliphatic carbocycles. The molecule has 11 heteroatoms. The molecule has 1 fully saturated rings. The van der Waals surface area contributed by atoms with Crippen LogP contribution in [0.15, 0.2) is 47.0 Å². The Kier molecular flexibility index (Phi) is 6.48. The zero-order valence-electron chi connectivity index (χ0n) is 21.2. The molecular formula is C27H28F3N7O. The second-order valence-corrected chi connectivity index (χ2v) is 10.3. The van der Waals surface area contributed by atoms with Crippen molar-refractivity contribution in [3.05, 3.63) is 71.0 Å². The van der Waals surface area contributed by atoms with E-state index in [9.17, 15) is 13.2 Å². The summed E-state index contributed by atoms with van der Waals surface area (Å²) >= 11 is 0.